The number of hydrogen-bond donors (Lipinski definition) is 1. The molecule has 15 heteroatoms. The van der Waals surface area contributed by atoms with Gasteiger partial charge in [-0.15, -0.1) is 11.3 Å². The van der Waals surface area contributed by atoms with Crippen LogP contribution in [0.1, 0.15) is 46.9 Å². The minimum absolute atomic E-state index is 0.123. The molecule has 11 nitrogen and oxygen atoms in total. The lowest BCUT2D eigenvalue weighted by Crippen LogP contribution is -2.42. The first kappa shape index (κ1) is 31.3. The summed E-state index contributed by atoms with van der Waals surface area (Å²) in [6.45, 7) is 2.93. The predicted molar refractivity (Wildman–Crippen MR) is 162 cm³/mol. The third-order valence-corrected chi connectivity index (χ3v) is 8.53. The van der Waals surface area contributed by atoms with Crippen molar-refractivity contribution >= 4 is 52.3 Å². The Morgan fingerprint density at radius 2 is 1.93 bits per heavy atom. The molecule has 4 heterocycles. The molecule has 2 aliphatic rings. The molecule has 1 fully saturated rings. The van der Waals surface area contributed by atoms with Gasteiger partial charge in [-0.1, -0.05) is 17.7 Å². The number of rotatable bonds is 8. The van der Waals surface area contributed by atoms with E-state index in [1.165, 1.54) is 24.5 Å². The number of piperidine rings is 1. The minimum atomic E-state index is -1.23. The average molecular weight is 646 g/mol. The lowest BCUT2D eigenvalue weighted by molar-refractivity contribution is -0.136. The Hall–Kier alpha value is -4.17. The number of allylic oxidation sites excluding steroid dienone is 1. The van der Waals surface area contributed by atoms with Crippen LogP contribution in [0.4, 0.5) is 20.4 Å². The summed E-state index contributed by atoms with van der Waals surface area (Å²) in [7, 11) is 4.83. The van der Waals surface area contributed by atoms with Crippen LogP contribution >= 0.6 is 22.9 Å². The van der Waals surface area contributed by atoms with Crippen molar-refractivity contribution in [3.8, 4) is 0 Å². The number of hydrogen-bond acceptors (Lipinski definition) is 12. The second-order valence-electron chi connectivity index (χ2n) is 10.2. The number of carbonyl (C=O) groups excluding carboxylic acids is 2. The Morgan fingerprint density at radius 1 is 1.18 bits per heavy atom. The molecule has 1 saturated heterocycles. The number of aromatic nitrogens is 3. The van der Waals surface area contributed by atoms with Crippen molar-refractivity contribution < 1.29 is 27.8 Å². The van der Waals surface area contributed by atoms with Crippen LogP contribution in [-0.4, -0.2) is 73.6 Å². The third-order valence-electron chi connectivity index (χ3n) is 7.37. The molecule has 0 aliphatic carbocycles. The number of halogens is 3. The fraction of sp³-hybridized carbons (Fsp3) is 0.379. The van der Waals surface area contributed by atoms with Gasteiger partial charge in [-0.05, 0) is 25.8 Å². The highest BCUT2D eigenvalue weighted by molar-refractivity contribution is 7.11. The van der Waals surface area contributed by atoms with Crippen molar-refractivity contribution in [2.75, 3.05) is 50.7 Å². The van der Waals surface area contributed by atoms with E-state index in [0.29, 0.717) is 54.1 Å². The standard InChI is InChI=1S/C29H30ClF2N7O4S/c1-5-43-28(41)24-18(38(2)3)14-34-29(37-24)39-11-8-15(9-12-39)22-19(27(40)42-4)23(16-6-7-17(31)21(32)20(16)30)36-25(35-22)26-33-10-13-44-26/h6-7,10,13-15,23H,5,8-9,11-12H2,1-4H3,(H,35,36). The number of ether oxygens (including phenoxy) is 2. The van der Waals surface area contributed by atoms with Gasteiger partial charge in [0.25, 0.3) is 0 Å². The maximum absolute atomic E-state index is 14.6. The van der Waals surface area contributed by atoms with Crippen molar-refractivity contribution in [1.82, 2.24) is 20.3 Å². The zero-order valence-corrected chi connectivity index (χ0v) is 26.0. The van der Waals surface area contributed by atoms with E-state index >= 15 is 0 Å². The molecule has 1 N–H and O–H groups in total. The molecule has 0 amide bonds. The van der Waals surface area contributed by atoms with E-state index < -0.39 is 34.6 Å². The Balaban J connectivity index is 1.50. The number of carbonyl (C=O) groups is 2. The van der Waals surface area contributed by atoms with E-state index in [9.17, 15) is 18.4 Å². The Morgan fingerprint density at radius 3 is 2.57 bits per heavy atom. The second kappa shape index (κ2) is 13.2. The summed E-state index contributed by atoms with van der Waals surface area (Å²) in [6.07, 6.45) is 4.32. The number of anilines is 2. The van der Waals surface area contributed by atoms with E-state index in [1.54, 1.807) is 43.7 Å². The summed E-state index contributed by atoms with van der Waals surface area (Å²) in [6, 6.07) is 1.20. The lowest BCUT2D eigenvalue weighted by atomic mass is 9.85. The zero-order chi connectivity index (χ0) is 31.5. The monoisotopic (exact) mass is 645 g/mol. The topological polar surface area (TPSA) is 122 Å². The number of esters is 2. The molecule has 1 atom stereocenters. The fourth-order valence-corrected chi connectivity index (χ4v) is 6.06. The Kier molecular flexibility index (Phi) is 9.39. The maximum Gasteiger partial charge on any atom is 0.359 e. The van der Waals surface area contributed by atoms with Crippen LogP contribution in [-0.2, 0) is 14.3 Å². The number of benzene rings is 1. The molecule has 0 spiro atoms. The molecule has 232 valence electrons. The normalized spacial score (nSPS) is 17.2. The number of methoxy groups -OCH3 is 1. The van der Waals surface area contributed by atoms with Gasteiger partial charge in [0.1, 0.15) is 6.04 Å². The van der Waals surface area contributed by atoms with Crippen molar-refractivity contribution in [3.63, 3.8) is 0 Å². The average Bonchev–Trinajstić information content (AvgIpc) is 3.58. The maximum atomic E-state index is 14.6. The predicted octanol–water partition coefficient (Wildman–Crippen LogP) is 4.54. The smallest absolute Gasteiger partial charge is 0.359 e. The van der Waals surface area contributed by atoms with Gasteiger partial charge in [0.2, 0.25) is 5.95 Å². The third kappa shape index (κ3) is 6.09. The summed E-state index contributed by atoms with van der Waals surface area (Å²) in [5, 5.41) is 5.16. The van der Waals surface area contributed by atoms with Crippen molar-refractivity contribution in [2.45, 2.75) is 25.8 Å². The Bertz CT molecular complexity index is 1630. The summed E-state index contributed by atoms with van der Waals surface area (Å²) in [5.41, 5.74) is 1.52. The molecule has 0 saturated carbocycles. The van der Waals surface area contributed by atoms with Crippen molar-refractivity contribution in [1.29, 1.82) is 0 Å². The summed E-state index contributed by atoms with van der Waals surface area (Å²) in [5.74, 6) is -2.99. The number of nitrogens with one attached hydrogen (secondary N) is 1. The molecule has 5 rings (SSSR count). The van der Waals surface area contributed by atoms with Crippen LogP contribution in [0.2, 0.25) is 5.02 Å². The van der Waals surface area contributed by atoms with Gasteiger partial charge in [-0.3, -0.25) is 4.99 Å². The molecule has 2 aromatic heterocycles. The van der Waals surface area contributed by atoms with Crippen molar-refractivity contribution in [3.05, 3.63) is 74.1 Å². The van der Waals surface area contributed by atoms with Crippen LogP contribution in [0.25, 0.3) is 0 Å². The van der Waals surface area contributed by atoms with Crippen LogP contribution in [0.5, 0.6) is 0 Å². The lowest BCUT2D eigenvalue weighted by Gasteiger charge is -2.36. The van der Waals surface area contributed by atoms with Crippen LogP contribution in [0.3, 0.4) is 0 Å². The quantitative estimate of drug-likeness (QED) is 0.276. The van der Waals surface area contributed by atoms with Gasteiger partial charge < -0.3 is 24.6 Å². The summed E-state index contributed by atoms with van der Waals surface area (Å²) < 4.78 is 39.0. The number of aliphatic imine (C=N–C) groups is 1. The second-order valence-corrected chi connectivity index (χ2v) is 11.5. The van der Waals surface area contributed by atoms with E-state index in [2.05, 4.69) is 20.3 Å². The first-order valence-corrected chi connectivity index (χ1v) is 15.1. The molecular weight excluding hydrogens is 616 g/mol. The van der Waals surface area contributed by atoms with Gasteiger partial charge in [-0.2, -0.15) is 0 Å². The molecule has 44 heavy (non-hydrogen) atoms. The minimum Gasteiger partial charge on any atom is -0.466 e. The van der Waals surface area contributed by atoms with Gasteiger partial charge in [-0.25, -0.2) is 33.3 Å². The van der Waals surface area contributed by atoms with Crippen LogP contribution in [0.15, 0.2) is 46.2 Å². The van der Waals surface area contributed by atoms with Crippen molar-refractivity contribution in [2.24, 2.45) is 10.9 Å². The summed E-state index contributed by atoms with van der Waals surface area (Å²) in [4.78, 5) is 47.7. The molecule has 3 aromatic rings. The molecular formula is C29H30ClF2N7O4S. The number of nitrogens with zero attached hydrogens (tertiary/aromatic N) is 6. The molecule has 1 aromatic carbocycles. The van der Waals surface area contributed by atoms with Gasteiger partial charge in [0.15, 0.2) is 28.2 Å². The fourth-order valence-electron chi connectivity index (χ4n) is 5.21. The SMILES string of the molecule is CCOC(=O)c1nc(N2CCC(C3=C(C(=O)OC)C(c4ccc(F)c(F)c4Cl)N=C(c4nccs4)N3)CC2)ncc1N(C)C. The highest BCUT2D eigenvalue weighted by atomic mass is 35.5. The van der Waals surface area contributed by atoms with E-state index in [-0.39, 0.29) is 29.4 Å². The first-order chi connectivity index (χ1) is 21.1. The molecule has 2 aliphatic heterocycles. The van der Waals surface area contributed by atoms with E-state index in [1.807, 2.05) is 4.90 Å². The highest BCUT2D eigenvalue weighted by Gasteiger charge is 2.38. The van der Waals surface area contributed by atoms with E-state index in [0.717, 1.165) is 6.07 Å². The van der Waals surface area contributed by atoms with Gasteiger partial charge >= 0.3 is 11.9 Å². The van der Waals surface area contributed by atoms with E-state index in [4.69, 9.17) is 26.1 Å². The van der Waals surface area contributed by atoms with Gasteiger partial charge in [0.05, 0.1) is 36.2 Å². The number of amidine groups is 1. The first-order valence-electron chi connectivity index (χ1n) is 13.8. The summed E-state index contributed by atoms with van der Waals surface area (Å²) >= 11 is 7.61. The highest BCUT2D eigenvalue weighted by Crippen LogP contribution is 2.41. The van der Waals surface area contributed by atoms with Crippen LogP contribution in [0, 0.1) is 17.6 Å². The Labute approximate surface area is 261 Å². The number of thiazole rings is 1. The van der Waals surface area contributed by atoms with Crippen LogP contribution < -0.4 is 15.1 Å². The molecule has 1 unspecified atom stereocenters. The largest absolute Gasteiger partial charge is 0.466 e. The molecule has 0 bridgehead atoms. The zero-order valence-electron chi connectivity index (χ0n) is 24.4. The molecule has 0 radical (unpaired) electrons. The van der Waals surface area contributed by atoms with Gasteiger partial charge in [0, 0.05) is 55.9 Å².